The number of ether oxygens (including phenoxy) is 7. The minimum absolute atomic E-state index is 0.109. The number of carbonyl (C=O) groups is 3. The lowest BCUT2D eigenvalue weighted by atomic mass is 9.98. The van der Waals surface area contributed by atoms with Gasteiger partial charge in [0.1, 0.15) is 30.5 Å². The SMILES string of the molecule is COc1ccc(C(N)c2ccc(OCC(=O)NCCOCCOCC(=O)NCCOCCOCC(N)=O)cc2)c(OC)c1. The normalized spacial score (nSPS) is 11.4. The quantitative estimate of drug-likeness (QED) is 0.124. The highest BCUT2D eigenvalue weighted by molar-refractivity contribution is 5.77. The number of methoxy groups -OCH3 is 2. The number of benzene rings is 2. The fourth-order valence-corrected chi connectivity index (χ4v) is 3.58. The molecule has 0 aliphatic carbocycles. The molecule has 238 valence electrons. The van der Waals surface area contributed by atoms with Crippen LogP contribution in [0, 0.1) is 0 Å². The van der Waals surface area contributed by atoms with Crippen LogP contribution in [0.3, 0.4) is 0 Å². The molecule has 2 rings (SSSR count). The van der Waals surface area contributed by atoms with E-state index in [-0.39, 0.29) is 64.7 Å². The Labute approximate surface area is 251 Å². The summed E-state index contributed by atoms with van der Waals surface area (Å²) in [6.07, 6.45) is 0. The number of nitrogens with two attached hydrogens (primary N) is 2. The molecule has 0 spiro atoms. The zero-order valence-corrected chi connectivity index (χ0v) is 24.6. The van der Waals surface area contributed by atoms with E-state index in [0.717, 1.165) is 11.1 Å². The van der Waals surface area contributed by atoms with Crippen molar-refractivity contribution in [1.29, 1.82) is 0 Å². The van der Waals surface area contributed by atoms with E-state index in [2.05, 4.69) is 10.6 Å². The predicted octanol–water partition coefficient (Wildman–Crippen LogP) is -0.0852. The molecule has 14 heteroatoms. The summed E-state index contributed by atoms with van der Waals surface area (Å²) in [5, 5.41) is 5.35. The number of hydrogen-bond acceptors (Lipinski definition) is 11. The molecule has 0 saturated carbocycles. The Hall–Kier alpha value is -3.95. The number of nitrogens with one attached hydrogen (secondary N) is 2. The topological polar surface area (TPSA) is 192 Å². The molecular formula is C29H42N4O10. The van der Waals surface area contributed by atoms with Crippen molar-refractivity contribution in [3.05, 3.63) is 53.6 Å². The third-order valence-corrected chi connectivity index (χ3v) is 5.74. The first kappa shape index (κ1) is 35.2. The Morgan fingerprint density at radius 1 is 0.698 bits per heavy atom. The molecule has 14 nitrogen and oxygen atoms in total. The minimum atomic E-state index is -0.541. The van der Waals surface area contributed by atoms with Crippen molar-refractivity contribution in [2.24, 2.45) is 11.5 Å². The van der Waals surface area contributed by atoms with E-state index in [0.29, 0.717) is 36.9 Å². The second-order valence-electron chi connectivity index (χ2n) is 8.94. The van der Waals surface area contributed by atoms with E-state index in [1.165, 1.54) is 0 Å². The van der Waals surface area contributed by atoms with E-state index < -0.39 is 11.9 Å². The van der Waals surface area contributed by atoms with Crippen LogP contribution in [-0.4, -0.2) is 104 Å². The van der Waals surface area contributed by atoms with Crippen molar-refractivity contribution in [1.82, 2.24) is 10.6 Å². The molecule has 2 aromatic rings. The van der Waals surface area contributed by atoms with Crippen LogP contribution in [0.2, 0.25) is 0 Å². The number of primary amides is 1. The summed E-state index contributed by atoms with van der Waals surface area (Å²) in [5.74, 6) is 0.726. The van der Waals surface area contributed by atoms with Crippen LogP contribution in [0.25, 0.3) is 0 Å². The number of carbonyl (C=O) groups excluding carboxylic acids is 3. The highest BCUT2D eigenvalue weighted by Gasteiger charge is 2.15. The molecule has 0 fully saturated rings. The van der Waals surface area contributed by atoms with Crippen molar-refractivity contribution in [3.8, 4) is 17.2 Å². The molecule has 2 aromatic carbocycles. The molecule has 0 radical (unpaired) electrons. The molecule has 0 aromatic heterocycles. The third-order valence-electron chi connectivity index (χ3n) is 5.74. The fourth-order valence-electron chi connectivity index (χ4n) is 3.58. The van der Waals surface area contributed by atoms with Gasteiger partial charge < -0.3 is 55.3 Å². The second-order valence-corrected chi connectivity index (χ2v) is 8.94. The maximum absolute atomic E-state index is 12.1. The van der Waals surface area contributed by atoms with Crippen LogP contribution in [0.4, 0.5) is 0 Å². The molecule has 0 bridgehead atoms. The van der Waals surface area contributed by atoms with Gasteiger partial charge in [0.05, 0.1) is 59.9 Å². The Morgan fingerprint density at radius 3 is 1.84 bits per heavy atom. The van der Waals surface area contributed by atoms with E-state index in [9.17, 15) is 14.4 Å². The Morgan fingerprint density at radius 2 is 1.26 bits per heavy atom. The summed E-state index contributed by atoms with van der Waals surface area (Å²) >= 11 is 0. The highest BCUT2D eigenvalue weighted by Crippen LogP contribution is 2.32. The lowest BCUT2D eigenvalue weighted by molar-refractivity contribution is -0.127. The fraction of sp³-hybridized carbons (Fsp3) is 0.483. The lowest BCUT2D eigenvalue weighted by Crippen LogP contribution is -2.32. The van der Waals surface area contributed by atoms with Crippen molar-refractivity contribution in [2.75, 3.05) is 86.8 Å². The average molecular weight is 607 g/mol. The Bertz CT molecular complexity index is 1120. The summed E-state index contributed by atoms with van der Waals surface area (Å²) in [6.45, 7) is 1.81. The Balaban J connectivity index is 1.49. The smallest absolute Gasteiger partial charge is 0.258 e. The van der Waals surface area contributed by atoms with Crippen molar-refractivity contribution in [2.45, 2.75) is 6.04 Å². The van der Waals surface area contributed by atoms with Crippen molar-refractivity contribution in [3.63, 3.8) is 0 Å². The molecule has 3 amide bonds. The number of hydrogen-bond donors (Lipinski definition) is 4. The molecule has 0 aliphatic rings. The standard InChI is InChI=1S/C29H42N4O10/c1-37-23-7-8-24(25(17-23)38-2)29(31)21-3-5-22(6-4-21)43-20-28(36)33-10-12-40-14-16-42-19-27(35)32-9-11-39-13-15-41-18-26(30)34/h3-8,17,29H,9-16,18-20,31H2,1-2H3,(H2,30,34)(H,32,35)(H,33,36). The van der Waals surface area contributed by atoms with Gasteiger partial charge in [0, 0.05) is 24.7 Å². The van der Waals surface area contributed by atoms with Crippen LogP contribution >= 0.6 is 0 Å². The maximum atomic E-state index is 12.1. The molecule has 1 unspecified atom stereocenters. The molecule has 6 N–H and O–H groups in total. The van der Waals surface area contributed by atoms with E-state index in [4.69, 9.17) is 44.6 Å². The second kappa shape index (κ2) is 20.9. The van der Waals surface area contributed by atoms with Gasteiger partial charge in [-0.1, -0.05) is 12.1 Å². The first-order chi connectivity index (χ1) is 20.8. The lowest BCUT2D eigenvalue weighted by Gasteiger charge is -2.17. The predicted molar refractivity (Wildman–Crippen MR) is 156 cm³/mol. The van der Waals surface area contributed by atoms with Gasteiger partial charge >= 0.3 is 0 Å². The third kappa shape index (κ3) is 14.7. The first-order valence-electron chi connectivity index (χ1n) is 13.7. The first-order valence-corrected chi connectivity index (χ1v) is 13.7. The minimum Gasteiger partial charge on any atom is -0.497 e. The van der Waals surface area contributed by atoms with Crippen LogP contribution < -0.4 is 36.3 Å². The Kier molecular flexibility index (Phi) is 17.1. The molecule has 1 atom stereocenters. The van der Waals surface area contributed by atoms with Crippen LogP contribution in [0.15, 0.2) is 42.5 Å². The van der Waals surface area contributed by atoms with Gasteiger partial charge in [0.2, 0.25) is 11.8 Å². The number of amides is 3. The van der Waals surface area contributed by atoms with Gasteiger partial charge in [0.25, 0.3) is 5.91 Å². The summed E-state index contributed by atoms with van der Waals surface area (Å²) < 4.78 is 37.1. The summed E-state index contributed by atoms with van der Waals surface area (Å²) in [4.78, 5) is 34.3. The van der Waals surface area contributed by atoms with Gasteiger partial charge in [-0.25, -0.2) is 0 Å². The molecule has 43 heavy (non-hydrogen) atoms. The zero-order valence-electron chi connectivity index (χ0n) is 24.6. The molecule has 0 heterocycles. The average Bonchev–Trinajstić information content (AvgIpc) is 3.01. The van der Waals surface area contributed by atoms with E-state index >= 15 is 0 Å². The van der Waals surface area contributed by atoms with E-state index in [1.54, 1.807) is 32.4 Å². The van der Waals surface area contributed by atoms with Crippen LogP contribution in [0.1, 0.15) is 17.2 Å². The summed E-state index contributed by atoms with van der Waals surface area (Å²) in [7, 11) is 3.17. The van der Waals surface area contributed by atoms with Gasteiger partial charge in [-0.3, -0.25) is 14.4 Å². The van der Waals surface area contributed by atoms with Gasteiger partial charge in [-0.15, -0.1) is 0 Å². The largest absolute Gasteiger partial charge is 0.497 e. The number of rotatable bonds is 23. The van der Waals surface area contributed by atoms with Crippen molar-refractivity contribution < 1.29 is 47.5 Å². The summed E-state index contributed by atoms with van der Waals surface area (Å²) in [6, 6.07) is 12.2. The van der Waals surface area contributed by atoms with Gasteiger partial charge in [-0.2, -0.15) is 0 Å². The van der Waals surface area contributed by atoms with Crippen LogP contribution in [0.5, 0.6) is 17.2 Å². The van der Waals surface area contributed by atoms with Gasteiger partial charge in [-0.05, 0) is 29.8 Å². The molecular weight excluding hydrogens is 564 g/mol. The summed E-state index contributed by atoms with van der Waals surface area (Å²) in [5.41, 5.74) is 13.1. The van der Waals surface area contributed by atoms with Crippen LogP contribution in [-0.2, 0) is 33.3 Å². The van der Waals surface area contributed by atoms with E-state index in [1.807, 2.05) is 24.3 Å². The van der Waals surface area contributed by atoms with Gasteiger partial charge in [0.15, 0.2) is 6.61 Å². The van der Waals surface area contributed by atoms with Crippen molar-refractivity contribution >= 4 is 17.7 Å². The molecule has 0 saturated heterocycles. The monoisotopic (exact) mass is 606 g/mol. The maximum Gasteiger partial charge on any atom is 0.258 e. The molecule has 0 aliphatic heterocycles. The zero-order chi connectivity index (χ0) is 31.3. The highest BCUT2D eigenvalue weighted by atomic mass is 16.5.